The maximum Gasteiger partial charge on any atom is 0.0274 e. The average molecular weight is 284 g/mol. The summed E-state index contributed by atoms with van der Waals surface area (Å²) >= 11 is 0. The third-order valence-corrected chi connectivity index (χ3v) is 4.85. The lowest BCUT2D eigenvalue weighted by molar-refractivity contribution is 0.145. The van der Waals surface area contributed by atoms with Gasteiger partial charge in [0.25, 0.3) is 0 Å². The summed E-state index contributed by atoms with van der Waals surface area (Å²) in [7, 11) is 4.33. The van der Waals surface area contributed by atoms with Crippen molar-refractivity contribution in [1.29, 1.82) is 0 Å². The summed E-state index contributed by atoms with van der Waals surface area (Å²) in [6.07, 6.45) is 5.21. The minimum atomic E-state index is 0.439. The van der Waals surface area contributed by atoms with E-state index in [2.05, 4.69) is 56.9 Å². The summed E-state index contributed by atoms with van der Waals surface area (Å²) in [5.41, 5.74) is 0.439. The third-order valence-electron chi connectivity index (χ3n) is 4.85. The van der Waals surface area contributed by atoms with E-state index < -0.39 is 0 Å². The van der Waals surface area contributed by atoms with Crippen molar-refractivity contribution < 1.29 is 0 Å². The van der Waals surface area contributed by atoms with Gasteiger partial charge in [0.2, 0.25) is 0 Å². The topological polar surface area (TPSA) is 18.5 Å². The van der Waals surface area contributed by atoms with Gasteiger partial charge >= 0.3 is 0 Å². The standard InChI is InChI=1S/C17H37N3/c1-7-12-18-16-15(10-11-17(16,3)4)20(8-2)14-9-13-19(5)6/h15-16,18H,7-14H2,1-6H3. The molecule has 0 bridgehead atoms. The van der Waals surface area contributed by atoms with E-state index in [9.17, 15) is 0 Å². The molecule has 0 aromatic heterocycles. The van der Waals surface area contributed by atoms with Crippen LogP contribution < -0.4 is 5.32 Å². The zero-order valence-corrected chi connectivity index (χ0v) is 14.7. The number of nitrogens with zero attached hydrogens (tertiary/aromatic N) is 2. The maximum absolute atomic E-state index is 3.83. The Balaban J connectivity index is 2.59. The number of hydrogen-bond acceptors (Lipinski definition) is 3. The second-order valence-electron chi connectivity index (χ2n) is 7.31. The van der Waals surface area contributed by atoms with Crippen LogP contribution in [0.3, 0.4) is 0 Å². The molecule has 0 saturated heterocycles. The fourth-order valence-corrected chi connectivity index (χ4v) is 3.62. The van der Waals surface area contributed by atoms with E-state index in [-0.39, 0.29) is 0 Å². The molecule has 2 atom stereocenters. The van der Waals surface area contributed by atoms with Crippen LogP contribution in [0.25, 0.3) is 0 Å². The molecule has 0 spiro atoms. The van der Waals surface area contributed by atoms with Gasteiger partial charge in [-0.05, 0) is 71.4 Å². The van der Waals surface area contributed by atoms with Crippen LogP contribution in [0.2, 0.25) is 0 Å². The van der Waals surface area contributed by atoms with Crippen molar-refractivity contribution in [2.75, 3.05) is 40.3 Å². The Bertz CT molecular complexity index is 263. The molecular formula is C17H37N3. The molecule has 1 aliphatic carbocycles. The van der Waals surface area contributed by atoms with Crippen LogP contribution in [-0.2, 0) is 0 Å². The van der Waals surface area contributed by atoms with Crippen LogP contribution >= 0.6 is 0 Å². The number of likely N-dealkylation sites (N-methyl/N-ethyl adjacent to an activating group) is 1. The largest absolute Gasteiger partial charge is 0.312 e. The van der Waals surface area contributed by atoms with Crippen molar-refractivity contribution in [2.45, 2.75) is 65.5 Å². The molecule has 1 fully saturated rings. The van der Waals surface area contributed by atoms with Crippen LogP contribution in [0.1, 0.15) is 53.4 Å². The van der Waals surface area contributed by atoms with E-state index in [1.807, 2.05) is 0 Å². The van der Waals surface area contributed by atoms with Crippen LogP contribution in [-0.4, -0.2) is 62.2 Å². The SMILES string of the molecule is CCCNC1C(N(CC)CCCN(C)C)CCC1(C)C. The summed E-state index contributed by atoms with van der Waals surface area (Å²) < 4.78 is 0. The van der Waals surface area contributed by atoms with Gasteiger partial charge < -0.3 is 10.2 Å². The Hall–Kier alpha value is -0.120. The molecular weight excluding hydrogens is 246 g/mol. The molecule has 0 amide bonds. The van der Waals surface area contributed by atoms with Gasteiger partial charge in [-0.1, -0.05) is 27.7 Å². The quantitative estimate of drug-likeness (QED) is 0.702. The van der Waals surface area contributed by atoms with Gasteiger partial charge in [0, 0.05) is 12.1 Å². The first-order valence-corrected chi connectivity index (χ1v) is 8.54. The zero-order chi connectivity index (χ0) is 15.2. The number of nitrogens with one attached hydrogen (secondary N) is 1. The Morgan fingerprint density at radius 3 is 2.40 bits per heavy atom. The van der Waals surface area contributed by atoms with Gasteiger partial charge in [-0.25, -0.2) is 0 Å². The number of rotatable bonds is 9. The smallest absolute Gasteiger partial charge is 0.0274 e. The average Bonchev–Trinajstić information content (AvgIpc) is 2.67. The molecule has 120 valence electrons. The van der Waals surface area contributed by atoms with E-state index in [0.29, 0.717) is 11.5 Å². The zero-order valence-electron chi connectivity index (χ0n) is 14.7. The minimum absolute atomic E-state index is 0.439. The second-order valence-corrected chi connectivity index (χ2v) is 7.31. The van der Waals surface area contributed by atoms with Crippen LogP contribution in [0.15, 0.2) is 0 Å². The molecule has 1 N–H and O–H groups in total. The summed E-state index contributed by atoms with van der Waals surface area (Å²) in [6, 6.07) is 1.38. The Labute approximate surface area is 127 Å². The minimum Gasteiger partial charge on any atom is -0.312 e. The van der Waals surface area contributed by atoms with Gasteiger partial charge in [0.15, 0.2) is 0 Å². The molecule has 2 unspecified atom stereocenters. The predicted molar refractivity (Wildman–Crippen MR) is 89.3 cm³/mol. The monoisotopic (exact) mass is 283 g/mol. The second kappa shape index (κ2) is 8.35. The summed E-state index contributed by atoms with van der Waals surface area (Å²) in [4.78, 5) is 5.00. The first-order valence-electron chi connectivity index (χ1n) is 8.54. The molecule has 0 aromatic rings. The van der Waals surface area contributed by atoms with Crippen molar-refractivity contribution in [1.82, 2.24) is 15.1 Å². The molecule has 3 heteroatoms. The van der Waals surface area contributed by atoms with E-state index in [1.165, 1.54) is 45.3 Å². The van der Waals surface area contributed by atoms with E-state index in [4.69, 9.17) is 0 Å². The molecule has 1 rings (SSSR count). The van der Waals surface area contributed by atoms with Crippen LogP contribution in [0.4, 0.5) is 0 Å². The molecule has 1 saturated carbocycles. The van der Waals surface area contributed by atoms with Crippen LogP contribution in [0, 0.1) is 5.41 Å². The first-order chi connectivity index (χ1) is 9.42. The molecule has 0 aliphatic heterocycles. The Kier molecular flexibility index (Phi) is 7.49. The van der Waals surface area contributed by atoms with Crippen molar-refractivity contribution in [3.8, 4) is 0 Å². The summed E-state index contributed by atoms with van der Waals surface area (Å²) in [5, 5.41) is 3.83. The van der Waals surface area contributed by atoms with Crippen molar-refractivity contribution >= 4 is 0 Å². The number of hydrogen-bond donors (Lipinski definition) is 1. The van der Waals surface area contributed by atoms with Gasteiger partial charge in [-0.3, -0.25) is 4.90 Å². The molecule has 0 aromatic carbocycles. The lowest BCUT2D eigenvalue weighted by Gasteiger charge is -2.37. The van der Waals surface area contributed by atoms with Gasteiger partial charge in [0.1, 0.15) is 0 Å². The maximum atomic E-state index is 3.83. The van der Waals surface area contributed by atoms with Gasteiger partial charge in [-0.2, -0.15) is 0 Å². The summed E-state index contributed by atoms with van der Waals surface area (Å²) in [5.74, 6) is 0. The molecule has 20 heavy (non-hydrogen) atoms. The van der Waals surface area contributed by atoms with Crippen LogP contribution in [0.5, 0.6) is 0 Å². The van der Waals surface area contributed by atoms with Crippen molar-refractivity contribution in [3.05, 3.63) is 0 Å². The van der Waals surface area contributed by atoms with Crippen molar-refractivity contribution in [2.24, 2.45) is 5.41 Å². The highest BCUT2D eigenvalue weighted by Crippen LogP contribution is 2.39. The summed E-state index contributed by atoms with van der Waals surface area (Å²) in [6.45, 7) is 14.2. The highest BCUT2D eigenvalue weighted by Gasteiger charge is 2.43. The molecule has 3 nitrogen and oxygen atoms in total. The fraction of sp³-hybridized carbons (Fsp3) is 1.00. The van der Waals surface area contributed by atoms with Crippen molar-refractivity contribution in [3.63, 3.8) is 0 Å². The van der Waals surface area contributed by atoms with E-state index in [1.54, 1.807) is 0 Å². The molecule has 0 radical (unpaired) electrons. The molecule has 1 aliphatic rings. The predicted octanol–water partition coefficient (Wildman–Crippen LogP) is 2.82. The fourth-order valence-electron chi connectivity index (χ4n) is 3.62. The third kappa shape index (κ3) is 5.01. The van der Waals surface area contributed by atoms with E-state index >= 15 is 0 Å². The lowest BCUT2D eigenvalue weighted by Crippen LogP contribution is -2.52. The Morgan fingerprint density at radius 1 is 1.15 bits per heavy atom. The lowest BCUT2D eigenvalue weighted by atomic mass is 9.86. The van der Waals surface area contributed by atoms with Gasteiger partial charge in [0.05, 0.1) is 0 Å². The van der Waals surface area contributed by atoms with Gasteiger partial charge in [-0.15, -0.1) is 0 Å². The Morgan fingerprint density at radius 2 is 1.85 bits per heavy atom. The highest BCUT2D eigenvalue weighted by atomic mass is 15.2. The molecule has 0 heterocycles. The normalized spacial score (nSPS) is 25.8. The highest BCUT2D eigenvalue weighted by molar-refractivity contribution is 5.00. The first kappa shape index (κ1) is 17.9. The van der Waals surface area contributed by atoms with E-state index in [0.717, 1.165) is 12.6 Å².